The van der Waals surface area contributed by atoms with E-state index < -0.39 is 5.97 Å². The van der Waals surface area contributed by atoms with Crippen molar-refractivity contribution in [1.29, 1.82) is 0 Å². The van der Waals surface area contributed by atoms with Gasteiger partial charge in [-0.05, 0) is 19.8 Å². The number of piperazine rings is 1. The molecule has 1 saturated heterocycles. The first kappa shape index (κ1) is 16.9. The number of carboxylic acid groups (broad SMARTS) is 1. The molecule has 5 heteroatoms. The number of unbranched alkanes of at least 4 members (excludes halogenated alkanes) is 1. The molecule has 0 aromatic heterocycles. The highest BCUT2D eigenvalue weighted by Gasteiger charge is 2.22. The van der Waals surface area contributed by atoms with E-state index in [-0.39, 0.29) is 18.4 Å². The number of carboxylic acids is 1. The molecule has 0 radical (unpaired) electrons. The first-order valence-electron chi connectivity index (χ1n) is 6.83. The molecule has 0 spiro atoms. The van der Waals surface area contributed by atoms with E-state index in [0.717, 1.165) is 19.6 Å². The molecule has 1 aliphatic heterocycles. The van der Waals surface area contributed by atoms with Gasteiger partial charge in [-0.3, -0.25) is 9.59 Å². The maximum atomic E-state index is 11.8. The molecular weight excluding hydrogens is 232 g/mol. The van der Waals surface area contributed by atoms with Gasteiger partial charge in [0.25, 0.3) is 0 Å². The minimum atomic E-state index is -0.789. The van der Waals surface area contributed by atoms with Crippen LogP contribution >= 0.6 is 0 Å². The molecule has 1 amide bonds. The fourth-order valence-electron chi connectivity index (χ4n) is 1.91. The zero-order chi connectivity index (χ0) is 14.0. The van der Waals surface area contributed by atoms with E-state index >= 15 is 0 Å². The number of amides is 1. The average molecular weight is 258 g/mol. The van der Waals surface area contributed by atoms with Crippen LogP contribution in [0, 0.1) is 0 Å². The highest BCUT2D eigenvalue weighted by Crippen LogP contribution is 2.08. The van der Waals surface area contributed by atoms with Gasteiger partial charge in [-0.15, -0.1) is 0 Å². The van der Waals surface area contributed by atoms with Gasteiger partial charge in [0, 0.05) is 38.5 Å². The molecule has 1 heterocycles. The van der Waals surface area contributed by atoms with Crippen LogP contribution < -0.4 is 5.32 Å². The van der Waals surface area contributed by atoms with Crippen molar-refractivity contribution in [3.05, 3.63) is 0 Å². The summed E-state index contributed by atoms with van der Waals surface area (Å²) in [6.45, 7) is 8.49. The second kappa shape index (κ2) is 9.88. The van der Waals surface area contributed by atoms with E-state index in [1.54, 1.807) is 0 Å². The van der Waals surface area contributed by atoms with E-state index in [0.29, 0.717) is 19.3 Å². The lowest BCUT2D eigenvalue weighted by Gasteiger charge is -2.34. The summed E-state index contributed by atoms with van der Waals surface area (Å²) in [7, 11) is 0. The fourth-order valence-corrected chi connectivity index (χ4v) is 1.91. The summed E-state index contributed by atoms with van der Waals surface area (Å²) in [5.41, 5.74) is 0. The maximum absolute atomic E-state index is 11.8. The molecule has 0 saturated carbocycles. The van der Waals surface area contributed by atoms with Crippen molar-refractivity contribution in [2.45, 2.75) is 52.5 Å². The zero-order valence-corrected chi connectivity index (χ0v) is 11.7. The van der Waals surface area contributed by atoms with E-state index in [1.807, 2.05) is 25.7 Å². The van der Waals surface area contributed by atoms with Gasteiger partial charge in [0.15, 0.2) is 0 Å². The largest absolute Gasteiger partial charge is 0.481 e. The molecule has 1 unspecified atom stereocenters. The van der Waals surface area contributed by atoms with Gasteiger partial charge in [0.05, 0.1) is 0 Å². The molecule has 0 aromatic carbocycles. The molecule has 106 valence electrons. The van der Waals surface area contributed by atoms with Crippen LogP contribution in [0.25, 0.3) is 0 Å². The van der Waals surface area contributed by atoms with Crippen LogP contribution in [-0.4, -0.2) is 47.6 Å². The zero-order valence-electron chi connectivity index (χ0n) is 11.7. The Balaban J connectivity index is 0.00000137. The maximum Gasteiger partial charge on any atom is 0.303 e. The number of carbonyl (C=O) groups excluding carboxylic acids is 1. The van der Waals surface area contributed by atoms with Crippen LogP contribution in [0.3, 0.4) is 0 Å². The second-order valence-corrected chi connectivity index (χ2v) is 4.24. The van der Waals surface area contributed by atoms with Crippen LogP contribution in [0.1, 0.15) is 46.5 Å². The summed E-state index contributed by atoms with van der Waals surface area (Å²) >= 11 is 0. The van der Waals surface area contributed by atoms with Crippen molar-refractivity contribution < 1.29 is 14.7 Å². The Kier molecular flexibility index (Phi) is 9.28. The third-order valence-corrected chi connectivity index (χ3v) is 2.85. The van der Waals surface area contributed by atoms with E-state index in [9.17, 15) is 9.59 Å². The van der Waals surface area contributed by atoms with Crippen molar-refractivity contribution in [1.82, 2.24) is 10.2 Å². The molecule has 0 aromatic rings. The Morgan fingerprint density at radius 1 is 1.28 bits per heavy atom. The average Bonchev–Trinajstić information content (AvgIpc) is 2.37. The smallest absolute Gasteiger partial charge is 0.303 e. The number of hydrogen-bond acceptors (Lipinski definition) is 3. The first-order chi connectivity index (χ1) is 8.61. The summed E-state index contributed by atoms with van der Waals surface area (Å²) in [4.78, 5) is 24.0. The third kappa shape index (κ3) is 6.59. The van der Waals surface area contributed by atoms with Gasteiger partial charge in [-0.1, -0.05) is 13.8 Å². The molecule has 5 nitrogen and oxygen atoms in total. The van der Waals surface area contributed by atoms with Crippen molar-refractivity contribution in [2.75, 3.05) is 19.6 Å². The Morgan fingerprint density at radius 2 is 1.89 bits per heavy atom. The minimum absolute atomic E-state index is 0.152. The van der Waals surface area contributed by atoms with Gasteiger partial charge in [-0.25, -0.2) is 0 Å². The molecule has 1 rings (SSSR count). The third-order valence-electron chi connectivity index (χ3n) is 2.85. The predicted octanol–water partition coefficient (Wildman–Crippen LogP) is 1.48. The topological polar surface area (TPSA) is 69.6 Å². The normalized spacial score (nSPS) is 18.8. The first-order valence-corrected chi connectivity index (χ1v) is 6.83. The van der Waals surface area contributed by atoms with Gasteiger partial charge < -0.3 is 15.3 Å². The SMILES string of the molecule is CC.CC1CNCCN1C(=O)CCCCC(=O)O. The Hall–Kier alpha value is -1.10. The number of rotatable bonds is 5. The molecule has 0 aliphatic carbocycles. The van der Waals surface area contributed by atoms with Crippen LogP contribution in [0.4, 0.5) is 0 Å². The standard InChI is InChI=1S/C11H20N2O3.C2H6/c1-9-8-12-6-7-13(9)10(14)4-2-3-5-11(15)16;1-2/h9,12H,2-8H2,1H3,(H,15,16);1-2H3. The minimum Gasteiger partial charge on any atom is -0.481 e. The molecule has 1 fully saturated rings. The molecule has 1 aliphatic rings. The summed E-state index contributed by atoms with van der Waals surface area (Å²) in [6.07, 6.45) is 1.88. The molecule has 0 bridgehead atoms. The van der Waals surface area contributed by atoms with Crippen molar-refractivity contribution in [3.63, 3.8) is 0 Å². The number of nitrogens with one attached hydrogen (secondary N) is 1. The summed E-state index contributed by atoms with van der Waals surface area (Å²) in [5, 5.41) is 11.7. The Bertz CT molecular complexity index is 257. The second-order valence-electron chi connectivity index (χ2n) is 4.24. The lowest BCUT2D eigenvalue weighted by molar-refractivity contribution is -0.138. The Labute approximate surface area is 110 Å². The lowest BCUT2D eigenvalue weighted by Crippen LogP contribution is -2.52. The number of carbonyl (C=O) groups is 2. The molecular formula is C13H26N2O3. The monoisotopic (exact) mass is 258 g/mol. The number of hydrogen-bond donors (Lipinski definition) is 2. The van der Waals surface area contributed by atoms with Crippen LogP contribution in [-0.2, 0) is 9.59 Å². The molecule has 2 N–H and O–H groups in total. The van der Waals surface area contributed by atoms with E-state index in [1.165, 1.54) is 0 Å². The van der Waals surface area contributed by atoms with Crippen molar-refractivity contribution >= 4 is 11.9 Å². The summed E-state index contributed by atoms with van der Waals surface area (Å²) in [6, 6.07) is 0.251. The number of nitrogens with zero attached hydrogens (tertiary/aromatic N) is 1. The summed E-state index contributed by atoms with van der Waals surface area (Å²) in [5.74, 6) is -0.637. The van der Waals surface area contributed by atoms with Crippen LogP contribution in [0.5, 0.6) is 0 Å². The van der Waals surface area contributed by atoms with Gasteiger partial charge >= 0.3 is 5.97 Å². The van der Waals surface area contributed by atoms with E-state index in [2.05, 4.69) is 5.32 Å². The highest BCUT2D eigenvalue weighted by atomic mass is 16.4. The van der Waals surface area contributed by atoms with Crippen molar-refractivity contribution in [3.8, 4) is 0 Å². The summed E-state index contributed by atoms with van der Waals surface area (Å²) < 4.78 is 0. The van der Waals surface area contributed by atoms with Crippen LogP contribution in [0.2, 0.25) is 0 Å². The van der Waals surface area contributed by atoms with Gasteiger partial charge in [0.1, 0.15) is 0 Å². The predicted molar refractivity (Wildman–Crippen MR) is 71.5 cm³/mol. The highest BCUT2D eigenvalue weighted by molar-refractivity contribution is 5.76. The molecule has 18 heavy (non-hydrogen) atoms. The Morgan fingerprint density at radius 3 is 2.44 bits per heavy atom. The van der Waals surface area contributed by atoms with E-state index in [4.69, 9.17) is 5.11 Å². The van der Waals surface area contributed by atoms with Crippen molar-refractivity contribution in [2.24, 2.45) is 0 Å². The number of aliphatic carboxylic acids is 1. The van der Waals surface area contributed by atoms with Gasteiger partial charge in [-0.2, -0.15) is 0 Å². The fraction of sp³-hybridized carbons (Fsp3) is 0.846. The van der Waals surface area contributed by atoms with Gasteiger partial charge in [0.2, 0.25) is 5.91 Å². The molecule has 1 atom stereocenters. The quantitative estimate of drug-likeness (QED) is 0.733. The van der Waals surface area contributed by atoms with Crippen LogP contribution in [0.15, 0.2) is 0 Å². The lowest BCUT2D eigenvalue weighted by atomic mass is 10.1.